The van der Waals surface area contributed by atoms with E-state index in [0.29, 0.717) is 29.7 Å². The van der Waals surface area contributed by atoms with Gasteiger partial charge in [0.1, 0.15) is 0 Å². The number of fused-ring (bicyclic) bond motifs is 1. The molecule has 2 N–H and O–H groups in total. The highest BCUT2D eigenvalue weighted by Crippen LogP contribution is 2.32. The third-order valence-electron chi connectivity index (χ3n) is 3.96. The molecule has 7 heteroatoms. The second kappa shape index (κ2) is 5.69. The van der Waals surface area contributed by atoms with Crippen LogP contribution in [0.1, 0.15) is 25.7 Å². The Balaban J connectivity index is 2.00. The van der Waals surface area contributed by atoms with Crippen LogP contribution in [0, 0.1) is 10.1 Å². The number of nitrogens with zero attached hydrogens (tertiary/aromatic N) is 3. The highest BCUT2D eigenvalue weighted by Gasteiger charge is 2.27. The van der Waals surface area contributed by atoms with Crippen LogP contribution in [0.5, 0.6) is 0 Å². The number of para-hydroxylation sites is 1. The van der Waals surface area contributed by atoms with Gasteiger partial charge < -0.3 is 15.1 Å². The summed E-state index contributed by atoms with van der Waals surface area (Å²) in [7, 11) is 0. The van der Waals surface area contributed by atoms with Crippen molar-refractivity contribution in [3.8, 4) is 0 Å². The zero-order valence-corrected chi connectivity index (χ0v) is 11.7. The average molecular weight is 290 g/mol. The molecule has 2 aromatic rings. The molecule has 112 valence electrons. The molecule has 1 aromatic carbocycles. The molecule has 1 saturated heterocycles. The van der Waals surface area contributed by atoms with Crippen LogP contribution in [-0.2, 0) is 0 Å². The number of non-ortho nitro benzene ring substituents is 1. The monoisotopic (exact) mass is 290 g/mol. The lowest BCUT2D eigenvalue weighted by Gasteiger charge is -2.34. The molecular weight excluding hydrogens is 272 g/mol. The standard InChI is InChI=1S/C14H18N4O3/c15-8-7-10-4-1-2-9-17(10)14-16-13-11(18(19)20)5-3-6-12(13)21-14/h3,5-6,10H,1-2,4,7-9,15H2. The number of nitrogens with two attached hydrogens (primary N) is 1. The molecule has 1 aliphatic heterocycles. The average Bonchev–Trinajstić information content (AvgIpc) is 2.91. The van der Waals surface area contributed by atoms with Crippen LogP contribution in [0.2, 0.25) is 0 Å². The fourth-order valence-corrected chi connectivity index (χ4v) is 2.94. The molecule has 21 heavy (non-hydrogen) atoms. The van der Waals surface area contributed by atoms with Gasteiger partial charge in [-0.05, 0) is 38.3 Å². The van der Waals surface area contributed by atoms with Gasteiger partial charge in [-0.2, -0.15) is 4.98 Å². The number of anilines is 1. The van der Waals surface area contributed by atoms with Gasteiger partial charge in [-0.3, -0.25) is 10.1 Å². The SMILES string of the molecule is NCCC1CCCCN1c1nc2c([N+](=O)[O-])cccc2o1. The van der Waals surface area contributed by atoms with E-state index in [4.69, 9.17) is 10.2 Å². The number of hydrogen-bond acceptors (Lipinski definition) is 6. The highest BCUT2D eigenvalue weighted by atomic mass is 16.6. The Morgan fingerprint density at radius 3 is 3.10 bits per heavy atom. The van der Waals surface area contributed by atoms with Gasteiger partial charge in [0.05, 0.1) is 4.92 Å². The van der Waals surface area contributed by atoms with Crippen molar-refractivity contribution in [2.75, 3.05) is 18.0 Å². The Morgan fingerprint density at radius 1 is 1.48 bits per heavy atom. The van der Waals surface area contributed by atoms with Crippen molar-refractivity contribution in [2.24, 2.45) is 5.73 Å². The van der Waals surface area contributed by atoms with Crippen LogP contribution in [0.3, 0.4) is 0 Å². The van der Waals surface area contributed by atoms with Gasteiger partial charge in [-0.1, -0.05) is 6.07 Å². The normalized spacial score (nSPS) is 19.1. The second-order valence-corrected chi connectivity index (χ2v) is 5.30. The lowest BCUT2D eigenvalue weighted by molar-refractivity contribution is -0.383. The van der Waals surface area contributed by atoms with Crippen molar-refractivity contribution < 1.29 is 9.34 Å². The van der Waals surface area contributed by atoms with Gasteiger partial charge in [-0.25, -0.2) is 0 Å². The summed E-state index contributed by atoms with van der Waals surface area (Å²) in [5.41, 5.74) is 6.42. The molecule has 0 radical (unpaired) electrons. The molecule has 0 saturated carbocycles. The molecule has 0 amide bonds. The summed E-state index contributed by atoms with van der Waals surface area (Å²) in [5.74, 6) is 0. The summed E-state index contributed by atoms with van der Waals surface area (Å²) in [6.45, 7) is 1.47. The summed E-state index contributed by atoms with van der Waals surface area (Å²) in [4.78, 5) is 17.1. The van der Waals surface area contributed by atoms with E-state index in [2.05, 4.69) is 9.88 Å². The molecule has 1 unspecified atom stereocenters. The van der Waals surface area contributed by atoms with E-state index >= 15 is 0 Å². The summed E-state index contributed by atoms with van der Waals surface area (Å²) in [5, 5.41) is 11.1. The van der Waals surface area contributed by atoms with Gasteiger partial charge >= 0.3 is 0 Å². The van der Waals surface area contributed by atoms with Gasteiger partial charge in [0, 0.05) is 18.7 Å². The zero-order valence-electron chi connectivity index (χ0n) is 11.7. The number of piperidine rings is 1. The molecular formula is C14H18N4O3. The fourth-order valence-electron chi connectivity index (χ4n) is 2.94. The second-order valence-electron chi connectivity index (χ2n) is 5.30. The first-order chi connectivity index (χ1) is 10.2. The molecule has 1 atom stereocenters. The summed E-state index contributed by atoms with van der Waals surface area (Å²) >= 11 is 0. The summed E-state index contributed by atoms with van der Waals surface area (Å²) in [6, 6.07) is 5.54. The first kappa shape index (κ1) is 13.8. The Labute approximate surface area is 121 Å². The smallest absolute Gasteiger partial charge is 0.298 e. The third kappa shape index (κ3) is 2.56. The quantitative estimate of drug-likeness (QED) is 0.686. The van der Waals surface area contributed by atoms with Crippen LogP contribution in [0.4, 0.5) is 11.7 Å². The zero-order chi connectivity index (χ0) is 14.8. The number of oxazole rings is 1. The molecule has 1 aromatic heterocycles. The first-order valence-corrected chi connectivity index (χ1v) is 7.21. The maximum Gasteiger partial charge on any atom is 0.298 e. The highest BCUT2D eigenvalue weighted by molar-refractivity contribution is 5.84. The van der Waals surface area contributed by atoms with Crippen molar-refractivity contribution in [1.29, 1.82) is 0 Å². The van der Waals surface area contributed by atoms with Crippen LogP contribution in [0.25, 0.3) is 11.1 Å². The first-order valence-electron chi connectivity index (χ1n) is 7.21. The molecule has 1 aliphatic rings. The number of hydrogen-bond donors (Lipinski definition) is 1. The number of nitro benzene ring substituents is 1. The molecule has 3 rings (SSSR count). The van der Waals surface area contributed by atoms with E-state index in [-0.39, 0.29) is 5.69 Å². The lowest BCUT2D eigenvalue weighted by Crippen LogP contribution is -2.41. The van der Waals surface area contributed by atoms with Crippen molar-refractivity contribution in [1.82, 2.24) is 4.98 Å². The minimum absolute atomic E-state index is 0.0186. The van der Waals surface area contributed by atoms with Gasteiger partial charge in [0.2, 0.25) is 0 Å². The minimum atomic E-state index is -0.428. The largest absolute Gasteiger partial charge is 0.423 e. The van der Waals surface area contributed by atoms with Gasteiger partial charge in [-0.15, -0.1) is 0 Å². The van der Waals surface area contributed by atoms with E-state index in [1.807, 2.05) is 0 Å². The molecule has 0 spiro atoms. The van der Waals surface area contributed by atoms with Crippen molar-refractivity contribution in [3.63, 3.8) is 0 Å². The number of rotatable bonds is 4. The van der Waals surface area contributed by atoms with Gasteiger partial charge in [0.25, 0.3) is 11.7 Å². The summed E-state index contributed by atoms with van der Waals surface area (Å²) < 4.78 is 5.74. The maximum atomic E-state index is 11.1. The Hall–Kier alpha value is -2.15. The molecule has 1 fully saturated rings. The van der Waals surface area contributed by atoms with Crippen molar-refractivity contribution in [3.05, 3.63) is 28.3 Å². The molecule has 0 aliphatic carbocycles. The van der Waals surface area contributed by atoms with Crippen LogP contribution < -0.4 is 10.6 Å². The van der Waals surface area contributed by atoms with Crippen LogP contribution in [-0.4, -0.2) is 29.0 Å². The summed E-state index contributed by atoms with van der Waals surface area (Å²) in [6.07, 6.45) is 4.17. The number of benzene rings is 1. The maximum absolute atomic E-state index is 11.1. The van der Waals surface area contributed by atoms with E-state index in [1.165, 1.54) is 12.5 Å². The van der Waals surface area contributed by atoms with E-state index in [0.717, 1.165) is 25.8 Å². The Morgan fingerprint density at radius 2 is 2.33 bits per heavy atom. The van der Waals surface area contributed by atoms with Gasteiger partial charge in [0.15, 0.2) is 11.1 Å². The van der Waals surface area contributed by atoms with Crippen molar-refractivity contribution >= 4 is 22.8 Å². The fraction of sp³-hybridized carbons (Fsp3) is 0.500. The minimum Gasteiger partial charge on any atom is -0.423 e. The molecule has 0 bridgehead atoms. The van der Waals surface area contributed by atoms with Crippen LogP contribution >= 0.6 is 0 Å². The van der Waals surface area contributed by atoms with E-state index in [1.54, 1.807) is 12.1 Å². The third-order valence-corrected chi connectivity index (χ3v) is 3.96. The van der Waals surface area contributed by atoms with Crippen molar-refractivity contribution in [2.45, 2.75) is 31.7 Å². The van der Waals surface area contributed by atoms with E-state index < -0.39 is 4.92 Å². The lowest BCUT2D eigenvalue weighted by atomic mass is 10.00. The van der Waals surface area contributed by atoms with Crippen LogP contribution in [0.15, 0.2) is 22.6 Å². The topological polar surface area (TPSA) is 98.4 Å². The molecule has 2 heterocycles. The Bertz CT molecular complexity index is 653. The predicted molar refractivity (Wildman–Crippen MR) is 79.3 cm³/mol. The number of nitro groups is 1. The Kier molecular flexibility index (Phi) is 3.74. The number of aromatic nitrogens is 1. The molecule has 7 nitrogen and oxygen atoms in total. The predicted octanol–water partition coefficient (Wildman–Crippen LogP) is 2.44. The van der Waals surface area contributed by atoms with E-state index in [9.17, 15) is 10.1 Å².